The Morgan fingerprint density at radius 2 is 2.29 bits per heavy atom. The average molecular weight is 309 g/mol. The molecule has 0 unspecified atom stereocenters. The van der Waals surface area contributed by atoms with Gasteiger partial charge in [-0.05, 0) is 50.4 Å². The van der Waals surface area contributed by atoms with Crippen LogP contribution in [-0.2, 0) is 0 Å². The SMILES string of the molecule is CC[C@@H]1CCCCN1CCCNC(=O)c1cccc(Cl)c1. The third kappa shape index (κ3) is 5.01. The number of carbonyl (C=O) groups is 1. The fourth-order valence-corrected chi connectivity index (χ4v) is 3.22. The van der Waals surface area contributed by atoms with E-state index in [1.54, 1.807) is 24.3 Å². The molecular weight excluding hydrogens is 284 g/mol. The molecule has 0 saturated carbocycles. The molecular formula is C17H25ClN2O. The monoisotopic (exact) mass is 308 g/mol. The van der Waals surface area contributed by atoms with Gasteiger partial charge in [0.25, 0.3) is 5.91 Å². The Labute approximate surface area is 132 Å². The molecule has 1 aliphatic heterocycles. The van der Waals surface area contributed by atoms with Crippen LogP contribution in [-0.4, -0.2) is 36.5 Å². The first-order valence-corrected chi connectivity index (χ1v) is 8.36. The molecule has 0 spiro atoms. The number of nitrogens with zero attached hydrogens (tertiary/aromatic N) is 1. The van der Waals surface area contributed by atoms with Gasteiger partial charge in [-0.2, -0.15) is 0 Å². The van der Waals surface area contributed by atoms with Crippen molar-refractivity contribution in [2.45, 2.75) is 45.1 Å². The normalized spacial score (nSPS) is 19.4. The molecule has 0 aromatic heterocycles. The summed E-state index contributed by atoms with van der Waals surface area (Å²) >= 11 is 5.90. The van der Waals surface area contributed by atoms with E-state index in [1.807, 2.05) is 0 Å². The molecule has 116 valence electrons. The number of carbonyl (C=O) groups excluding carboxylic acids is 1. The summed E-state index contributed by atoms with van der Waals surface area (Å²) in [7, 11) is 0. The Bertz CT molecular complexity index is 464. The van der Waals surface area contributed by atoms with Gasteiger partial charge < -0.3 is 10.2 Å². The lowest BCUT2D eigenvalue weighted by Crippen LogP contribution is -2.40. The molecule has 1 heterocycles. The molecule has 0 bridgehead atoms. The summed E-state index contributed by atoms with van der Waals surface area (Å²) in [4.78, 5) is 14.6. The van der Waals surface area contributed by atoms with Gasteiger partial charge in [-0.25, -0.2) is 0 Å². The minimum absolute atomic E-state index is 0.0387. The molecule has 21 heavy (non-hydrogen) atoms. The van der Waals surface area contributed by atoms with Crippen LogP contribution in [0.5, 0.6) is 0 Å². The number of likely N-dealkylation sites (tertiary alicyclic amines) is 1. The highest BCUT2D eigenvalue weighted by Gasteiger charge is 2.19. The smallest absolute Gasteiger partial charge is 0.251 e. The minimum atomic E-state index is -0.0387. The van der Waals surface area contributed by atoms with E-state index < -0.39 is 0 Å². The summed E-state index contributed by atoms with van der Waals surface area (Å²) in [5.41, 5.74) is 0.631. The van der Waals surface area contributed by atoms with Gasteiger partial charge in [-0.15, -0.1) is 0 Å². The van der Waals surface area contributed by atoms with Crippen LogP contribution in [0, 0.1) is 0 Å². The van der Waals surface area contributed by atoms with Crippen molar-refractivity contribution < 1.29 is 4.79 Å². The lowest BCUT2D eigenvalue weighted by Gasteiger charge is -2.35. The van der Waals surface area contributed by atoms with Crippen LogP contribution in [0.2, 0.25) is 5.02 Å². The molecule has 1 fully saturated rings. The third-order valence-electron chi connectivity index (χ3n) is 4.21. The van der Waals surface area contributed by atoms with E-state index in [0.717, 1.165) is 25.6 Å². The van der Waals surface area contributed by atoms with Gasteiger partial charge in [0.05, 0.1) is 0 Å². The van der Waals surface area contributed by atoms with Crippen molar-refractivity contribution in [3.63, 3.8) is 0 Å². The highest BCUT2D eigenvalue weighted by atomic mass is 35.5. The molecule has 1 aliphatic rings. The number of halogens is 1. The van der Waals surface area contributed by atoms with E-state index >= 15 is 0 Å². The summed E-state index contributed by atoms with van der Waals surface area (Å²) < 4.78 is 0. The summed E-state index contributed by atoms with van der Waals surface area (Å²) in [6.45, 7) is 5.28. The van der Waals surface area contributed by atoms with Crippen LogP contribution >= 0.6 is 11.6 Å². The number of hydrogen-bond donors (Lipinski definition) is 1. The van der Waals surface area contributed by atoms with Gasteiger partial charge >= 0.3 is 0 Å². The molecule has 1 saturated heterocycles. The van der Waals surface area contributed by atoms with Gasteiger partial charge in [0.1, 0.15) is 0 Å². The van der Waals surface area contributed by atoms with Gasteiger partial charge in [0.15, 0.2) is 0 Å². The molecule has 2 rings (SSSR count). The quantitative estimate of drug-likeness (QED) is 0.812. The zero-order valence-electron chi connectivity index (χ0n) is 12.8. The van der Waals surface area contributed by atoms with Crippen molar-refractivity contribution in [2.75, 3.05) is 19.6 Å². The van der Waals surface area contributed by atoms with Crippen LogP contribution in [0.25, 0.3) is 0 Å². The van der Waals surface area contributed by atoms with Crippen molar-refractivity contribution in [3.05, 3.63) is 34.9 Å². The summed E-state index contributed by atoms with van der Waals surface area (Å²) in [6.07, 6.45) is 6.23. The maximum atomic E-state index is 12.0. The maximum Gasteiger partial charge on any atom is 0.251 e. The average Bonchev–Trinajstić information content (AvgIpc) is 2.51. The summed E-state index contributed by atoms with van der Waals surface area (Å²) in [5, 5.41) is 3.57. The molecule has 1 aromatic carbocycles. The second-order valence-corrected chi connectivity index (χ2v) is 6.15. The molecule has 4 heteroatoms. The Balaban J connectivity index is 1.70. The fourth-order valence-electron chi connectivity index (χ4n) is 3.03. The van der Waals surface area contributed by atoms with E-state index in [9.17, 15) is 4.79 Å². The maximum absolute atomic E-state index is 12.0. The fraction of sp³-hybridized carbons (Fsp3) is 0.588. The van der Waals surface area contributed by atoms with E-state index in [-0.39, 0.29) is 5.91 Å². The van der Waals surface area contributed by atoms with E-state index in [2.05, 4.69) is 17.1 Å². The lowest BCUT2D eigenvalue weighted by atomic mass is 10.00. The molecule has 1 amide bonds. The van der Waals surface area contributed by atoms with Crippen LogP contribution in [0.3, 0.4) is 0 Å². The van der Waals surface area contributed by atoms with E-state index in [1.165, 1.54) is 32.2 Å². The van der Waals surface area contributed by atoms with Crippen molar-refractivity contribution in [1.82, 2.24) is 10.2 Å². The van der Waals surface area contributed by atoms with Crippen molar-refractivity contribution in [2.24, 2.45) is 0 Å². The van der Waals surface area contributed by atoms with E-state index in [0.29, 0.717) is 10.6 Å². The first-order chi connectivity index (χ1) is 10.2. The van der Waals surface area contributed by atoms with Crippen molar-refractivity contribution in [3.8, 4) is 0 Å². The zero-order chi connectivity index (χ0) is 15.1. The first kappa shape index (κ1) is 16.3. The van der Waals surface area contributed by atoms with E-state index in [4.69, 9.17) is 11.6 Å². The third-order valence-corrected chi connectivity index (χ3v) is 4.45. The van der Waals surface area contributed by atoms with Gasteiger partial charge in [0.2, 0.25) is 0 Å². The summed E-state index contributed by atoms with van der Waals surface area (Å²) in [6, 6.07) is 7.81. The Morgan fingerprint density at radius 3 is 3.05 bits per heavy atom. The second kappa shape index (κ2) is 8.40. The number of benzene rings is 1. The number of piperidine rings is 1. The predicted octanol–water partition coefficient (Wildman–Crippen LogP) is 3.72. The Morgan fingerprint density at radius 1 is 1.43 bits per heavy atom. The topological polar surface area (TPSA) is 32.3 Å². The summed E-state index contributed by atoms with van der Waals surface area (Å²) in [5.74, 6) is -0.0387. The molecule has 0 radical (unpaired) electrons. The molecule has 3 nitrogen and oxygen atoms in total. The number of rotatable bonds is 6. The molecule has 0 aliphatic carbocycles. The number of nitrogens with one attached hydrogen (secondary N) is 1. The second-order valence-electron chi connectivity index (χ2n) is 5.71. The molecule has 1 aromatic rings. The predicted molar refractivity (Wildman–Crippen MR) is 87.9 cm³/mol. The Kier molecular flexibility index (Phi) is 6.52. The van der Waals surface area contributed by atoms with Crippen LogP contribution < -0.4 is 5.32 Å². The van der Waals surface area contributed by atoms with Gasteiger partial charge in [-0.1, -0.05) is 31.0 Å². The van der Waals surface area contributed by atoms with Gasteiger partial charge in [-0.3, -0.25) is 4.79 Å². The standard InChI is InChI=1S/C17H25ClN2O/c1-2-16-9-3-4-11-20(16)12-6-10-19-17(21)14-7-5-8-15(18)13-14/h5,7-8,13,16H,2-4,6,9-12H2,1H3,(H,19,21)/t16-/m1/s1. The van der Waals surface area contributed by atoms with Crippen LogP contribution in [0.4, 0.5) is 0 Å². The lowest BCUT2D eigenvalue weighted by molar-refractivity contribution is 0.0947. The van der Waals surface area contributed by atoms with Crippen LogP contribution in [0.15, 0.2) is 24.3 Å². The molecule has 1 atom stereocenters. The van der Waals surface area contributed by atoms with Crippen molar-refractivity contribution >= 4 is 17.5 Å². The van der Waals surface area contributed by atoms with Gasteiger partial charge in [0, 0.05) is 29.7 Å². The largest absolute Gasteiger partial charge is 0.352 e. The zero-order valence-corrected chi connectivity index (χ0v) is 13.5. The number of hydrogen-bond acceptors (Lipinski definition) is 2. The highest BCUT2D eigenvalue weighted by Crippen LogP contribution is 2.19. The van der Waals surface area contributed by atoms with Crippen LogP contribution in [0.1, 0.15) is 49.4 Å². The Hall–Kier alpha value is -1.06. The number of amides is 1. The molecule has 1 N–H and O–H groups in total. The first-order valence-electron chi connectivity index (χ1n) is 7.98. The highest BCUT2D eigenvalue weighted by molar-refractivity contribution is 6.30. The minimum Gasteiger partial charge on any atom is -0.352 e. The van der Waals surface area contributed by atoms with Crippen molar-refractivity contribution in [1.29, 1.82) is 0 Å².